The SMILES string of the molecule is CN1CCC[Si](C)(C)CCC1. The summed E-state index contributed by atoms with van der Waals surface area (Å²) in [4.78, 5) is 2.48. The molecule has 0 unspecified atom stereocenters. The van der Waals surface area contributed by atoms with Crippen LogP contribution in [0.25, 0.3) is 0 Å². The van der Waals surface area contributed by atoms with E-state index < -0.39 is 8.07 Å². The topological polar surface area (TPSA) is 3.24 Å². The molecule has 0 bridgehead atoms. The van der Waals surface area contributed by atoms with E-state index in [-0.39, 0.29) is 0 Å². The Morgan fingerprint density at radius 2 is 1.45 bits per heavy atom. The molecule has 0 radical (unpaired) electrons. The molecule has 1 aliphatic heterocycles. The average molecular weight is 171 g/mol. The van der Waals surface area contributed by atoms with Crippen molar-refractivity contribution in [1.29, 1.82) is 0 Å². The molecule has 0 aliphatic carbocycles. The molecule has 0 spiro atoms. The third kappa shape index (κ3) is 3.39. The molecule has 1 aliphatic rings. The van der Waals surface area contributed by atoms with Gasteiger partial charge in [0, 0.05) is 8.07 Å². The van der Waals surface area contributed by atoms with Crippen molar-refractivity contribution in [2.24, 2.45) is 0 Å². The van der Waals surface area contributed by atoms with Gasteiger partial charge in [-0.05, 0) is 33.0 Å². The van der Waals surface area contributed by atoms with E-state index in [0.717, 1.165) is 0 Å². The lowest BCUT2D eigenvalue weighted by Crippen LogP contribution is -2.32. The first-order valence-corrected chi connectivity index (χ1v) is 8.20. The molecule has 0 aromatic rings. The number of hydrogen-bond acceptors (Lipinski definition) is 1. The first-order chi connectivity index (χ1) is 5.10. The highest BCUT2D eigenvalue weighted by Crippen LogP contribution is 2.21. The lowest BCUT2D eigenvalue weighted by atomic mass is 10.4. The molecule has 0 atom stereocenters. The van der Waals surface area contributed by atoms with Gasteiger partial charge in [0.15, 0.2) is 0 Å². The van der Waals surface area contributed by atoms with Crippen LogP contribution in [-0.4, -0.2) is 33.1 Å². The Morgan fingerprint density at radius 3 is 1.91 bits per heavy atom. The van der Waals surface area contributed by atoms with E-state index in [1.54, 1.807) is 0 Å². The normalized spacial score (nSPS) is 27.5. The fourth-order valence-electron chi connectivity index (χ4n) is 1.89. The summed E-state index contributed by atoms with van der Waals surface area (Å²) in [7, 11) is 1.52. The first kappa shape index (κ1) is 9.27. The molecule has 11 heavy (non-hydrogen) atoms. The zero-order chi connectivity index (χ0) is 8.32. The lowest BCUT2D eigenvalue weighted by Gasteiger charge is -2.28. The minimum atomic E-state index is -0.729. The van der Waals surface area contributed by atoms with Gasteiger partial charge in [0.05, 0.1) is 0 Å². The summed E-state index contributed by atoms with van der Waals surface area (Å²) in [6.07, 6.45) is 2.88. The van der Waals surface area contributed by atoms with Gasteiger partial charge >= 0.3 is 0 Å². The molecule has 1 heterocycles. The molecule has 0 aromatic carbocycles. The summed E-state index contributed by atoms with van der Waals surface area (Å²) < 4.78 is 0. The van der Waals surface area contributed by atoms with Gasteiger partial charge in [0.1, 0.15) is 0 Å². The Labute approximate surface area is 71.8 Å². The van der Waals surface area contributed by atoms with Gasteiger partial charge in [-0.25, -0.2) is 0 Å². The van der Waals surface area contributed by atoms with Crippen molar-refractivity contribution in [2.45, 2.75) is 38.0 Å². The zero-order valence-corrected chi connectivity index (χ0v) is 9.19. The predicted octanol–water partition coefficient (Wildman–Crippen LogP) is 2.42. The van der Waals surface area contributed by atoms with Crippen LogP contribution in [0.2, 0.25) is 25.2 Å². The van der Waals surface area contributed by atoms with Gasteiger partial charge in [-0.15, -0.1) is 0 Å². The highest BCUT2D eigenvalue weighted by atomic mass is 28.3. The third-order valence-corrected chi connectivity index (χ3v) is 6.20. The summed E-state index contributed by atoms with van der Waals surface area (Å²) in [5.41, 5.74) is 0. The van der Waals surface area contributed by atoms with Gasteiger partial charge in [0.25, 0.3) is 0 Å². The van der Waals surface area contributed by atoms with Crippen LogP contribution in [-0.2, 0) is 0 Å². The minimum absolute atomic E-state index is 0.729. The maximum absolute atomic E-state index is 2.54. The standard InChI is InChI=1S/C9H21NSi/c1-10-6-4-8-11(2,3)9-5-7-10/h4-9H2,1-3H3. The average Bonchev–Trinajstić information content (AvgIpc) is 1.83. The summed E-state index contributed by atoms with van der Waals surface area (Å²) in [5.74, 6) is 0. The minimum Gasteiger partial charge on any atom is -0.306 e. The Hall–Kier alpha value is 0.177. The Balaban J connectivity index is 2.35. The molecule has 0 aromatic heterocycles. The van der Waals surface area contributed by atoms with Crippen molar-refractivity contribution in [3.8, 4) is 0 Å². The molecular weight excluding hydrogens is 150 g/mol. The van der Waals surface area contributed by atoms with E-state index in [0.29, 0.717) is 0 Å². The van der Waals surface area contributed by atoms with Gasteiger partial charge in [0.2, 0.25) is 0 Å². The number of hydrogen-bond donors (Lipinski definition) is 0. The maximum atomic E-state index is 2.54. The maximum Gasteiger partial charge on any atom is 0.0474 e. The van der Waals surface area contributed by atoms with E-state index in [1.165, 1.54) is 38.0 Å². The first-order valence-electron chi connectivity index (χ1n) is 4.79. The molecular formula is C9H21NSi. The summed E-state index contributed by atoms with van der Waals surface area (Å²) >= 11 is 0. The van der Waals surface area contributed by atoms with Crippen molar-refractivity contribution in [3.05, 3.63) is 0 Å². The highest BCUT2D eigenvalue weighted by molar-refractivity contribution is 6.77. The van der Waals surface area contributed by atoms with Crippen LogP contribution in [0.15, 0.2) is 0 Å². The van der Waals surface area contributed by atoms with E-state index in [1.807, 2.05) is 0 Å². The molecule has 0 amide bonds. The fourth-order valence-corrected chi connectivity index (χ4v) is 4.37. The van der Waals surface area contributed by atoms with E-state index in [2.05, 4.69) is 25.0 Å². The van der Waals surface area contributed by atoms with Crippen LogP contribution in [0, 0.1) is 0 Å². The predicted molar refractivity (Wildman–Crippen MR) is 53.8 cm³/mol. The molecule has 0 saturated carbocycles. The largest absolute Gasteiger partial charge is 0.306 e. The molecule has 2 heteroatoms. The lowest BCUT2D eigenvalue weighted by molar-refractivity contribution is 0.329. The van der Waals surface area contributed by atoms with Crippen molar-refractivity contribution in [3.63, 3.8) is 0 Å². The second-order valence-corrected chi connectivity index (χ2v) is 10.0. The van der Waals surface area contributed by atoms with Gasteiger partial charge in [-0.1, -0.05) is 25.2 Å². The molecule has 0 N–H and O–H groups in total. The van der Waals surface area contributed by atoms with Crippen LogP contribution in [0.3, 0.4) is 0 Å². The Bertz CT molecular complexity index is 111. The monoisotopic (exact) mass is 171 g/mol. The van der Waals surface area contributed by atoms with Gasteiger partial charge in [-0.2, -0.15) is 0 Å². The van der Waals surface area contributed by atoms with Crippen LogP contribution in [0.5, 0.6) is 0 Å². The Morgan fingerprint density at radius 1 is 1.00 bits per heavy atom. The van der Waals surface area contributed by atoms with Crippen molar-refractivity contribution >= 4 is 8.07 Å². The smallest absolute Gasteiger partial charge is 0.0474 e. The van der Waals surface area contributed by atoms with E-state index >= 15 is 0 Å². The van der Waals surface area contributed by atoms with Crippen molar-refractivity contribution in [1.82, 2.24) is 4.90 Å². The fraction of sp³-hybridized carbons (Fsp3) is 1.00. The van der Waals surface area contributed by atoms with E-state index in [4.69, 9.17) is 0 Å². The quantitative estimate of drug-likeness (QED) is 0.506. The van der Waals surface area contributed by atoms with Crippen LogP contribution < -0.4 is 0 Å². The van der Waals surface area contributed by atoms with Crippen LogP contribution in [0.1, 0.15) is 12.8 Å². The molecule has 1 nitrogen and oxygen atoms in total. The Kier molecular flexibility index (Phi) is 3.13. The summed E-state index contributed by atoms with van der Waals surface area (Å²) in [6, 6.07) is 3.08. The number of nitrogens with zero attached hydrogens (tertiary/aromatic N) is 1. The van der Waals surface area contributed by atoms with Gasteiger partial charge in [-0.3, -0.25) is 0 Å². The zero-order valence-electron chi connectivity index (χ0n) is 8.19. The summed E-state index contributed by atoms with van der Waals surface area (Å²) in [5, 5.41) is 0. The molecule has 66 valence electrons. The van der Waals surface area contributed by atoms with Crippen LogP contribution in [0.4, 0.5) is 0 Å². The van der Waals surface area contributed by atoms with Gasteiger partial charge < -0.3 is 4.90 Å². The third-order valence-electron chi connectivity index (χ3n) is 2.79. The number of rotatable bonds is 0. The van der Waals surface area contributed by atoms with Crippen LogP contribution >= 0.6 is 0 Å². The summed E-state index contributed by atoms with van der Waals surface area (Å²) in [6.45, 7) is 7.74. The molecule has 1 saturated heterocycles. The highest BCUT2D eigenvalue weighted by Gasteiger charge is 2.21. The van der Waals surface area contributed by atoms with E-state index in [9.17, 15) is 0 Å². The second-order valence-electron chi connectivity index (χ2n) is 4.67. The molecule has 1 fully saturated rings. The second kappa shape index (κ2) is 3.72. The molecule has 1 rings (SSSR count). The van der Waals surface area contributed by atoms with Crippen molar-refractivity contribution < 1.29 is 0 Å². The van der Waals surface area contributed by atoms with Crippen molar-refractivity contribution in [2.75, 3.05) is 20.1 Å².